The summed E-state index contributed by atoms with van der Waals surface area (Å²) >= 11 is 4.44. The Bertz CT molecular complexity index is 840. The van der Waals surface area contributed by atoms with Crippen LogP contribution in [0, 0.1) is 18.3 Å². The van der Waals surface area contributed by atoms with Gasteiger partial charge in [0.15, 0.2) is 11.5 Å². The number of carbonyl (C=O) groups is 2. The molecule has 0 unspecified atom stereocenters. The molecule has 0 atom stereocenters. The lowest BCUT2D eigenvalue weighted by Crippen LogP contribution is -2.34. The number of carbonyl (C=O) groups excluding carboxylic acids is 2. The second-order valence-electron chi connectivity index (χ2n) is 6.82. The van der Waals surface area contributed by atoms with E-state index < -0.39 is 0 Å². The monoisotopic (exact) mass is 463 g/mol. The van der Waals surface area contributed by atoms with E-state index in [4.69, 9.17) is 15.9 Å². The standard InChI is InChI=1S/C21H22BrNO4S/c1-3-9-27-19-16(22)10-15(11-17(19)26-2)12-18-20(24)23(21(25)28-18)13-14-7-5-4-6-8-14/h1,10-12,14H,4-9,13H2,2H3/b18-12+. The van der Waals surface area contributed by atoms with E-state index in [2.05, 4.69) is 21.9 Å². The van der Waals surface area contributed by atoms with Crippen LogP contribution in [0.3, 0.4) is 0 Å². The van der Waals surface area contributed by atoms with Crippen LogP contribution in [-0.2, 0) is 4.79 Å². The SMILES string of the molecule is C#CCOc1c(Br)cc(/C=C2/SC(=O)N(CC3CCCCC3)C2=O)cc1OC. The number of ether oxygens (including phenoxy) is 2. The van der Waals surface area contributed by atoms with Crippen molar-refractivity contribution in [2.45, 2.75) is 32.1 Å². The lowest BCUT2D eigenvalue weighted by atomic mass is 9.89. The van der Waals surface area contributed by atoms with Crippen LogP contribution in [0.25, 0.3) is 6.08 Å². The third-order valence-electron chi connectivity index (χ3n) is 4.89. The Balaban J connectivity index is 1.79. The van der Waals surface area contributed by atoms with E-state index in [-0.39, 0.29) is 17.8 Å². The van der Waals surface area contributed by atoms with Crippen molar-refractivity contribution in [3.63, 3.8) is 0 Å². The molecule has 1 aliphatic carbocycles. The summed E-state index contributed by atoms with van der Waals surface area (Å²) in [5.74, 6) is 3.62. The number of thioether (sulfide) groups is 1. The first kappa shape index (κ1) is 20.8. The highest BCUT2D eigenvalue weighted by Crippen LogP contribution is 2.39. The van der Waals surface area contributed by atoms with E-state index in [0.29, 0.717) is 33.3 Å². The molecule has 1 aromatic rings. The minimum atomic E-state index is -0.219. The Hall–Kier alpha value is -1.91. The molecule has 1 heterocycles. The van der Waals surface area contributed by atoms with E-state index >= 15 is 0 Å². The van der Waals surface area contributed by atoms with Crippen molar-refractivity contribution in [1.29, 1.82) is 0 Å². The van der Waals surface area contributed by atoms with Crippen molar-refractivity contribution in [2.75, 3.05) is 20.3 Å². The fraction of sp³-hybridized carbons (Fsp3) is 0.429. The Morgan fingerprint density at radius 3 is 2.75 bits per heavy atom. The zero-order valence-corrected chi connectivity index (χ0v) is 18.1. The lowest BCUT2D eigenvalue weighted by Gasteiger charge is -2.25. The van der Waals surface area contributed by atoms with Gasteiger partial charge in [0.25, 0.3) is 11.1 Å². The highest BCUT2D eigenvalue weighted by molar-refractivity contribution is 9.10. The normalized spacial score (nSPS) is 19.2. The quantitative estimate of drug-likeness (QED) is 0.434. The molecule has 1 saturated heterocycles. The molecule has 0 bridgehead atoms. The molecular weight excluding hydrogens is 442 g/mol. The fourth-order valence-corrected chi connectivity index (χ4v) is 4.94. The van der Waals surface area contributed by atoms with Gasteiger partial charge in [-0.15, -0.1) is 6.42 Å². The molecule has 1 aliphatic heterocycles. The molecule has 1 saturated carbocycles. The third-order valence-corrected chi connectivity index (χ3v) is 6.38. The van der Waals surface area contributed by atoms with Crippen molar-refractivity contribution >= 4 is 44.9 Å². The van der Waals surface area contributed by atoms with Crippen molar-refractivity contribution in [2.24, 2.45) is 5.92 Å². The predicted molar refractivity (Wildman–Crippen MR) is 114 cm³/mol. The summed E-state index contributed by atoms with van der Waals surface area (Å²) in [4.78, 5) is 27.0. The fourth-order valence-electron chi connectivity index (χ4n) is 3.51. The lowest BCUT2D eigenvalue weighted by molar-refractivity contribution is -0.123. The molecule has 28 heavy (non-hydrogen) atoms. The topological polar surface area (TPSA) is 55.8 Å². The van der Waals surface area contributed by atoms with Gasteiger partial charge in [-0.25, -0.2) is 0 Å². The first-order valence-corrected chi connectivity index (χ1v) is 10.8. The first-order chi connectivity index (χ1) is 13.5. The van der Waals surface area contributed by atoms with Crippen molar-refractivity contribution in [1.82, 2.24) is 4.90 Å². The summed E-state index contributed by atoms with van der Waals surface area (Å²) in [5, 5.41) is -0.193. The maximum atomic E-state index is 12.8. The molecule has 1 aromatic carbocycles. The molecule has 0 radical (unpaired) electrons. The second-order valence-corrected chi connectivity index (χ2v) is 8.67. The van der Waals surface area contributed by atoms with Gasteiger partial charge in [0.05, 0.1) is 16.5 Å². The third kappa shape index (κ3) is 4.73. The van der Waals surface area contributed by atoms with Gasteiger partial charge < -0.3 is 9.47 Å². The van der Waals surface area contributed by atoms with Crippen LogP contribution < -0.4 is 9.47 Å². The van der Waals surface area contributed by atoms with E-state index in [1.807, 2.05) is 6.07 Å². The number of methoxy groups -OCH3 is 1. The summed E-state index contributed by atoms with van der Waals surface area (Å²) in [7, 11) is 1.53. The number of nitrogens with zero attached hydrogens (tertiary/aromatic N) is 1. The van der Waals surface area contributed by atoms with Gasteiger partial charge in [-0.1, -0.05) is 25.2 Å². The number of hydrogen-bond donors (Lipinski definition) is 0. The number of hydrogen-bond acceptors (Lipinski definition) is 5. The Kier molecular flexibility index (Phi) is 7.08. The second kappa shape index (κ2) is 9.53. The van der Waals surface area contributed by atoms with E-state index in [9.17, 15) is 9.59 Å². The molecule has 7 heteroatoms. The van der Waals surface area contributed by atoms with Crippen molar-refractivity contribution < 1.29 is 19.1 Å². The summed E-state index contributed by atoms with van der Waals surface area (Å²) in [6.45, 7) is 0.641. The molecule has 2 aliphatic rings. The van der Waals surface area contributed by atoms with E-state index in [1.165, 1.54) is 31.3 Å². The molecule has 0 spiro atoms. The summed E-state index contributed by atoms with van der Waals surface area (Å²) in [6, 6.07) is 3.56. The maximum Gasteiger partial charge on any atom is 0.293 e. The zero-order chi connectivity index (χ0) is 20.1. The Morgan fingerprint density at radius 1 is 1.32 bits per heavy atom. The molecule has 5 nitrogen and oxygen atoms in total. The van der Waals surface area contributed by atoms with Crippen LogP contribution in [0.15, 0.2) is 21.5 Å². The summed E-state index contributed by atoms with van der Waals surface area (Å²) in [5.41, 5.74) is 0.736. The average molecular weight is 464 g/mol. The molecule has 0 aromatic heterocycles. The van der Waals surface area contributed by atoms with Gasteiger partial charge in [-0.2, -0.15) is 0 Å². The molecule has 148 valence electrons. The van der Waals surface area contributed by atoms with Gasteiger partial charge in [0.1, 0.15) is 6.61 Å². The van der Waals surface area contributed by atoms with Crippen molar-refractivity contribution in [3.8, 4) is 23.8 Å². The van der Waals surface area contributed by atoms with Crippen LogP contribution in [0.1, 0.15) is 37.7 Å². The van der Waals surface area contributed by atoms with Gasteiger partial charge in [-0.3, -0.25) is 14.5 Å². The first-order valence-electron chi connectivity index (χ1n) is 9.22. The van der Waals surface area contributed by atoms with E-state index in [0.717, 1.165) is 30.2 Å². The largest absolute Gasteiger partial charge is 0.493 e. The number of halogens is 1. The van der Waals surface area contributed by atoms with E-state index in [1.54, 1.807) is 12.1 Å². The average Bonchev–Trinajstić information content (AvgIpc) is 2.95. The van der Waals surface area contributed by atoms with Crippen LogP contribution >= 0.6 is 27.7 Å². The minimum Gasteiger partial charge on any atom is -0.493 e. The van der Waals surface area contributed by atoms with Gasteiger partial charge >= 0.3 is 0 Å². The van der Waals surface area contributed by atoms with Crippen LogP contribution in [-0.4, -0.2) is 36.3 Å². The number of rotatable bonds is 6. The van der Waals surface area contributed by atoms with Crippen LogP contribution in [0.4, 0.5) is 4.79 Å². The molecule has 3 rings (SSSR count). The maximum absolute atomic E-state index is 12.8. The van der Waals surface area contributed by atoms with Gasteiger partial charge in [-0.05, 0) is 70.2 Å². The van der Waals surface area contributed by atoms with Crippen molar-refractivity contribution in [3.05, 3.63) is 27.1 Å². The Morgan fingerprint density at radius 2 is 2.07 bits per heavy atom. The number of terminal acetylenes is 1. The molecule has 2 amide bonds. The molecule has 2 fully saturated rings. The number of amides is 2. The molecule has 0 N–H and O–H groups in total. The highest BCUT2D eigenvalue weighted by Gasteiger charge is 2.36. The summed E-state index contributed by atoms with van der Waals surface area (Å²) in [6.07, 6.45) is 12.7. The predicted octanol–water partition coefficient (Wildman–Crippen LogP) is 5.09. The highest BCUT2D eigenvalue weighted by atomic mass is 79.9. The van der Waals surface area contributed by atoms with Gasteiger partial charge in [0.2, 0.25) is 0 Å². The van der Waals surface area contributed by atoms with Crippen LogP contribution in [0.2, 0.25) is 0 Å². The van der Waals surface area contributed by atoms with Crippen LogP contribution in [0.5, 0.6) is 11.5 Å². The number of benzene rings is 1. The smallest absolute Gasteiger partial charge is 0.293 e. The minimum absolute atomic E-state index is 0.119. The number of imide groups is 1. The Labute approximate surface area is 178 Å². The van der Waals surface area contributed by atoms with Gasteiger partial charge in [0, 0.05) is 6.54 Å². The molecular formula is C21H22BrNO4S. The summed E-state index contributed by atoms with van der Waals surface area (Å²) < 4.78 is 11.5. The zero-order valence-electron chi connectivity index (χ0n) is 15.7.